The number of nitrogens with zero attached hydrogens (tertiary/aromatic N) is 1. The highest BCUT2D eigenvalue weighted by atomic mass is 32.2. The Morgan fingerprint density at radius 3 is 2.39 bits per heavy atom. The third-order valence-electron chi connectivity index (χ3n) is 3.25. The van der Waals surface area contributed by atoms with Crippen molar-refractivity contribution in [2.75, 3.05) is 13.7 Å². The molecular weight excluding hydrogens is 394 g/mol. The van der Waals surface area contributed by atoms with Crippen molar-refractivity contribution in [1.29, 1.82) is 0 Å². The molecule has 0 aliphatic carbocycles. The molecule has 0 aliphatic heterocycles. The van der Waals surface area contributed by atoms with Gasteiger partial charge in [0.15, 0.2) is 4.90 Å². The van der Waals surface area contributed by atoms with Gasteiger partial charge >= 0.3 is 12.1 Å². The van der Waals surface area contributed by atoms with Crippen LogP contribution in [0.25, 0.3) is 0 Å². The van der Waals surface area contributed by atoms with Crippen molar-refractivity contribution >= 4 is 27.8 Å². The lowest BCUT2D eigenvalue weighted by Gasteiger charge is -2.22. The van der Waals surface area contributed by atoms with Crippen LogP contribution in [-0.4, -0.2) is 50.7 Å². The Morgan fingerprint density at radius 2 is 1.86 bits per heavy atom. The number of carbonyl (C=O) groups excluding carboxylic acids is 2. The van der Waals surface area contributed by atoms with Crippen molar-refractivity contribution in [3.63, 3.8) is 0 Å². The van der Waals surface area contributed by atoms with Gasteiger partial charge < -0.3 is 14.8 Å². The van der Waals surface area contributed by atoms with E-state index in [1.165, 1.54) is 12.1 Å². The Hall–Kier alpha value is -2.73. The molecule has 0 bridgehead atoms. The summed E-state index contributed by atoms with van der Waals surface area (Å²) in [5, 5.41) is 13.3. The highest BCUT2D eigenvalue weighted by Gasteiger charge is 2.28. The molecule has 1 amide bonds. The lowest BCUT2D eigenvalue weighted by atomic mass is 10.2. The fourth-order valence-corrected chi connectivity index (χ4v) is 3.31. The summed E-state index contributed by atoms with van der Waals surface area (Å²) in [4.78, 5) is 33.3. The van der Waals surface area contributed by atoms with Gasteiger partial charge in [0.25, 0.3) is 5.69 Å². The first-order chi connectivity index (χ1) is 12.9. The van der Waals surface area contributed by atoms with E-state index in [9.17, 15) is 28.1 Å². The smallest absolute Gasteiger partial charge is 0.408 e. The minimum atomic E-state index is -4.21. The second-order valence-electron chi connectivity index (χ2n) is 6.63. The molecule has 0 fully saturated rings. The summed E-state index contributed by atoms with van der Waals surface area (Å²) in [7, 11) is -3.09. The molecule has 0 saturated carbocycles. The van der Waals surface area contributed by atoms with Crippen LogP contribution in [0.5, 0.6) is 0 Å². The van der Waals surface area contributed by atoms with E-state index >= 15 is 0 Å². The van der Waals surface area contributed by atoms with Crippen molar-refractivity contribution in [2.24, 2.45) is 0 Å². The number of para-hydroxylation sites is 1. The molecule has 0 unspecified atom stereocenters. The van der Waals surface area contributed by atoms with Crippen LogP contribution in [0, 0.1) is 10.1 Å². The number of esters is 1. The summed E-state index contributed by atoms with van der Waals surface area (Å²) in [6.45, 7) is 4.63. The molecule has 156 valence electrons. The SMILES string of the molecule is COC(=O)[C@H](CCNS(=O)(=O)c1ccccc1[N+](=O)[O-])NC(=O)OC(C)(C)C. The van der Waals surface area contributed by atoms with Gasteiger partial charge in [0.05, 0.1) is 12.0 Å². The highest BCUT2D eigenvalue weighted by molar-refractivity contribution is 7.89. The molecule has 0 aliphatic rings. The van der Waals surface area contributed by atoms with Gasteiger partial charge in [-0.05, 0) is 33.3 Å². The first-order valence-electron chi connectivity index (χ1n) is 8.18. The topological polar surface area (TPSA) is 154 Å². The fraction of sp³-hybridized carbons (Fsp3) is 0.500. The largest absolute Gasteiger partial charge is 0.467 e. The van der Waals surface area contributed by atoms with Crippen molar-refractivity contribution in [2.45, 2.75) is 43.7 Å². The van der Waals surface area contributed by atoms with Gasteiger partial charge in [0, 0.05) is 12.6 Å². The molecule has 0 heterocycles. The maximum atomic E-state index is 12.3. The Morgan fingerprint density at radius 1 is 1.25 bits per heavy atom. The van der Waals surface area contributed by atoms with Crippen molar-refractivity contribution in [3.05, 3.63) is 34.4 Å². The summed E-state index contributed by atoms with van der Waals surface area (Å²) >= 11 is 0. The maximum absolute atomic E-state index is 12.3. The Labute approximate surface area is 162 Å². The van der Waals surface area contributed by atoms with Crippen LogP contribution in [0.3, 0.4) is 0 Å². The van der Waals surface area contributed by atoms with Crippen LogP contribution in [-0.2, 0) is 24.3 Å². The molecule has 1 atom stereocenters. The first-order valence-corrected chi connectivity index (χ1v) is 9.66. The lowest BCUT2D eigenvalue weighted by Crippen LogP contribution is -2.45. The van der Waals surface area contributed by atoms with Crippen molar-refractivity contribution in [1.82, 2.24) is 10.0 Å². The van der Waals surface area contributed by atoms with Gasteiger partial charge in [-0.1, -0.05) is 12.1 Å². The van der Waals surface area contributed by atoms with Gasteiger partial charge in [-0.25, -0.2) is 22.7 Å². The number of ether oxygens (including phenoxy) is 2. The zero-order valence-corrected chi connectivity index (χ0v) is 16.7. The first kappa shape index (κ1) is 23.3. The van der Waals surface area contributed by atoms with Gasteiger partial charge in [-0.2, -0.15) is 0 Å². The van der Waals surface area contributed by atoms with E-state index < -0.39 is 49.2 Å². The van der Waals surface area contributed by atoms with Crippen molar-refractivity contribution < 1.29 is 32.4 Å². The number of benzene rings is 1. The number of alkyl carbamates (subject to hydrolysis) is 1. The van der Waals surface area contributed by atoms with Gasteiger partial charge in [-0.3, -0.25) is 10.1 Å². The summed E-state index contributed by atoms with van der Waals surface area (Å²) in [6, 6.07) is 3.68. The van der Waals surface area contributed by atoms with Gasteiger partial charge in [-0.15, -0.1) is 0 Å². The van der Waals surface area contributed by atoms with Crippen LogP contribution in [0.2, 0.25) is 0 Å². The summed E-state index contributed by atoms with van der Waals surface area (Å²) < 4.78 is 36.5. The third-order valence-corrected chi connectivity index (χ3v) is 4.76. The molecule has 28 heavy (non-hydrogen) atoms. The number of hydrogen-bond donors (Lipinski definition) is 2. The monoisotopic (exact) mass is 417 g/mol. The normalized spacial score (nSPS) is 12.7. The number of methoxy groups -OCH3 is 1. The van der Waals surface area contributed by atoms with Crippen LogP contribution in [0.15, 0.2) is 29.2 Å². The van der Waals surface area contributed by atoms with E-state index in [4.69, 9.17) is 4.74 Å². The molecule has 0 spiro atoms. The summed E-state index contributed by atoms with van der Waals surface area (Å²) in [6.07, 6.45) is -1.03. The highest BCUT2D eigenvalue weighted by Crippen LogP contribution is 2.22. The Kier molecular flexibility index (Phi) is 7.88. The minimum Gasteiger partial charge on any atom is -0.467 e. The zero-order valence-electron chi connectivity index (χ0n) is 15.9. The molecule has 0 aromatic heterocycles. The Balaban J connectivity index is 2.82. The zero-order chi connectivity index (χ0) is 21.5. The van der Waals surface area contributed by atoms with Crippen LogP contribution >= 0.6 is 0 Å². The molecular formula is C16H23N3O8S. The number of carbonyl (C=O) groups is 2. The molecule has 11 nitrogen and oxygen atoms in total. The summed E-state index contributed by atoms with van der Waals surface area (Å²) in [5.74, 6) is -0.796. The number of nitro benzene ring substituents is 1. The number of nitrogens with one attached hydrogen (secondary N) is 2. The van der Waals surface area contributed by atoms with Crippen LogP contribution in [0.1, 0.15) is 27.2 Å². The van der Waals surface area contributed by atoms with E-state index in [0.717, 1.165) is 19.2 Å². The minimum absolute atomic E-state index is 0.161. The second kappa shape index (κ2) is 9.46. The molecule has 0 radical (unpaired) electrons. The number of amides is 1. The number of sulfonamides is 1. The number of rotatable bonds is 8. The number of nitro groups is 1. The van der Waals surface area contributed by atoms with E-state index in [0.29, 0.717) is 0 Å². The predicted molar refractivity (Wildman–Crippen MR) is 98.1 cm³/mol. The van der Waals surface area contributed by atoms with E-state index in [2.05, 4.69) is 14.8 Å². The molecule has 1 rings (SSSR count). The standard InChI is InChI=1S/C16H23N3O8S/c1-16(2,3)27-15(21)18-11(14(20)26-4)9-10-17-28(24,25)13-8-6-5-7-12(13)19(22)23/h5-8,11,17H,9-10H2,1-4H3,(H,18,21)/t11-/m0/s1. The molecule has 0 saturated heterocycles. The van der Waals surface area contributed by atoms with E-state index in [1.807, 2.05) is 0 Å². The lowest BCUT2D eigenvalue weighted by molar-refractivity contribution is -0.387. The van der Waals surface area contributed by atoms with E-state index in [1.54, 1.807) is 20.8 Å². The Bertz CT molecular complexity index is 833. The predicted octanol–water partition coefficient (Wildman–Crippen LogP) is 1.33. The quantitative estimate of drug-likeness (QED) is 0.365. The van der Waals surface area contributed by atoms with Gasteiger partial charge in [0.2, 0.25) is 10.0 Å². The average molecular weight is 417 g/mol. The average Bonchev–Trinajstić information content (AvgIpc) is 2.58. The van der Waals surface area contributed by atoms with Crippen molar-refractivity contribution in [3.8, 4) is 0 Å². The summed E-state index contributed by atoms with van der Waals surface area (Å²) in [5.41, 5.74) is -1.37. The molecule has 2 N–H and O–H groups in total. The second-order valence-corrected chi connectivity index (χ2v) is 8.37. The van der Waals surface area contributed by atoms with Crippen LogP contribution in [0.4, 0.5) is 10.5 Å². The maximum Gasteiger partial charge on any atom is 0.408 e. The van der Waals surface area contributed by atoms with E-state index in [-0.39, 0.29) is 13.0 Å². The molecule has 1 aromatic rings. The van der Waals surface area contributed by atoms with Gasteiger partial charge in [0.1, 0.15) is 11.6 Å². The third kappa shape index (κ3) is 7.12. The van der Waals surface area contributed by atoms with Crippen LogP contribution < -0.4 is 10.0 Å². The molecule has 12 heteroatoms. The molecule has 1 aromatic carbocycles. The number of hydrogen-bond acceptors (Lipinski definition) is 8. The fourth-order valence-electron chi connectivity index (χ4n) is 2.09.